The molecule has 0 aromatic heterocycles. The Morgan fingerprint density at radius 2 is 2.29 bits per heavy atom. The average Bonchev–Trinajstić information content (AvgIpc) is 2.17. The van der Waals surface area contributed by atoms with Crippen molar-refractivity contribution in [2.24, 2.45) is 5.73 Å². The quantitative estimate of drug-likeness (QED) is 0.831. The van der Waals surface area contributed by atoms with Gasteiger partial charge in [-0.2, -0.15) is 0 Å². The fraction of sp³-hybridized carbons (Fsp3) is 0.273. The zero-order valence-corrected chi connectivity index (χ0v) is 8.97. The minimum absolute atomic E-state index is 0.563. The summed E-state index contributed by atoms with van der Waals surface area (Å²) in [5.41, 5.74) is 7.24. The Bertz CT molecular complexity index is 336. The number of rotatable bonds is 4. The maximum absolute atomic E-state index is 6.06. The van der Waals surface area contributed by atoms with Crippen molar-refractivity contribution < 1.29 is 4.74 Å². The summed E-state index contributed by atoms with van der Waals surface area (Å²) in [7, 11) is 1.62. The van der Waals surface area contributed by atoms with E-state index in [9.17, 15) is 0 Å². The highest BCUT2D eigenvalue weighted by atomic mass is 35.5. The minimum Gasteiger partial charge on any atom is -0.496 e. The first-order valence-corrected chi connectivity index (χ1v) is 4.79. The summed E-state index contributed by atoms with van der Waals surface area (Å²) >= 11 is 6.06. The van der Waals surface area contributed by atoms with Gasteiger partial charge in [-0.3, -0.25) is 0 Å². The molecule has 1 aromatic rings. The number of methoxy groups -OCH3 is 1. The lowest BCUT2D eigenvalue weighted by Crippen LogP contribution is -2.00. The number of halogens is 1. The van der Waals surface area contributed by atoms with Crippen LogP contribution >= 0.6 is 11.6 Å². The lowest BCUT2D eigenvalue weighted by atomic mass is 10.0. The molecule has 0 heterocycles. The normalized spacial score (nSPS) is 9.93. The van der Waals surface area contributed by atoms with Crippen LogP contribution in [0.2, 0.25) is 5.02 Å². The third-order valence-corrected chi connectivity index (χ3v) is 2.31. The summed E-state index contributed by atoms with van der Waals surface area (Å²) in [5.74, 6) is 0.746. The van der Waals surface area contributed by atoms with Crippen LogP contribution in [-0.2, 0) is 0 Å². The predicted molar refractivity (Wildman–Crippen MR) is 60.7 cm³/mol. The van der Waals surface area contributed by atoms with E-state index in [4.69, 9.17) is 22.1 Å². The van der Waals surface area contributed by atoms with Crippen LogP contribution in [0.1, 0.15) is 12.0 Å². The van der Waals surface area contributed by atoms with Gasteiger partial charge < -0.3 is 10.5 Å². The van der Waals surface area contributed by atoms with E-state index >= 15 is 0 Å². The molecule has 0 aliphatic carbocycles. The van der Waals surface area contributed by atoms with E-state index in [0.717, 1.165) is 23.3 Å². The highest BCUT2D eigenvalue weighted by Gasteiger charge is 2.09. The summed E-state index contributed by atoms with van der Waals surface area (Å²) in [5, 5.41) is 0.655. The molecule has 2 N–H and O–H groups in total. The summed E-state index contributed by atoms with van der Waals surface area (Å²) in [6, 6.07) is 5.53. The Hall–Kier alpha value is -0.990. The molecule has 0 fully saturated rings. The molecule has 1 rings (SSSR count). The number of benzene rings is 1. The molecule has 1 aromatic carbocycles. The maximum Gasteiger partial charge on any atom is 0.127 e. The van der Waals surface area contributed by atoms with Gasteiger partial charge in [-0.25, -0.2) is 0 Å². The first-order chi connectivity index (χ1) is 6.70. The Morgan fingerprint density at radius 3 is 2.86 bits per heavy atom. The van der Waals surface area contributed by atoms with Gasteiger partial charge in [-0.1, -0.05) is 24.2 Å². The molecule has 0 saturated carbocycles. The van der Waals surface area contributed by atoms with Gasteiger partial charge in [0.2, 0.25) is 0 Å². The summed E-state index contributed by atoms with van der Waals surface area (Å²) < 4.78 is 5.21. The lowest BCUT2D eigenvalue weighted by Gasteiger charge is -2.11. The number of hydrogen-bond donors (Lipinski definition) is 1. The van der Waals surface area contributed by atoms with E-state index in [1.54, 1.807) is 7.11 Å². The van der Waals surface area contributed by atoms with E-state index in [1.165, 1.54) is 0 Å². The van der Waals surface area contributed by atoms with Gasteiger partial charge in [0.15, 0.2) is 0 Å². The van der Waals surface area contributed by atoms with Crippen molar-refractivity contribution in [2.45, 2.75) is 6.42 Å². The van der Waals surface area contributed by atoms with Crippen LogP contribution in [0.4, 0.5) is 0 Å². The molecule has 0 bridgehead atoms. The number of ether oxygens (including phenoxy) is 1. The molecule has 0 spiro atoms. The van der Waals surface area contributed by atoms with E-state index in [2.05, 4.69) is 6.58 Å². The first-order valence-electron chi connectivity index (χ1n) is 4.41. The van der Waals surface area contributed by atoms with Crippen LogP contribution in [0.15, 0.2) is 24.8 Å². The molecule has 0 saturated heterocycles. The second-order valence-corrected chi connectivity index (χ2v) is 3.37. The van der Waals surface area contributed by atoms with Crippen molar-refractivity contribution in [3.63, 3.8) is 0 Å². The van der Waals surface area contributed by atoms with Crippen LogP contribution in [0, 0.1) is 0 Å². The van der Waals surface area contributed by atoms with Gasteiger partial charge in [0.25, 0.3) is 0 Å². The predicted octanol–water partition coefficient (Wildman–Crippen LogP) is 2.71. The largest absolute Gasteiger partial charge is 0.496 e. The SMILES string of the molecule is C=C(CCN)c1c(Cl)cccc1OC. The molecule has 0 unspecified atom stereocenters. The molecule has 3 heteroatoms. The molecular weight excluding hydrogens is 198 g/mol. The van der Waals surface area contributed by atoms with Crippen LogP contribution < -0.4 is 10.5 Å². The minimum atomic E-state index is 0.563. The Labute approximate surface area is 89.3 Å². The smallest absolute Gasteiger partial charge is 0.127 e. The highest BCUT2D eigenvalue weighted by molar-refractivity contribution is 6.32. The average molecular weight is 212 g/mol. The summed E-state index contributed by atoms with van der Waals surface area (Å²) in [6.07, 6.45) is 0.722. The zero-order chi connectivity index (χ0) is 10.6. The first kappa shape index (κ1) is 11.1. The van der Waals surface area contributed by atoms with E-state index in [-0.39, 0.29) is 0 Å². The van der Waals surface area contributed by atoms with Crippen molar-refractivity contribution in [3.05, 3.63) is 35.4 Å². The molecule has 14 heavy (non-hydrogen) atoms. The third-order valence-electron chi connectivity index (χ3n) is 1.99. The number of hydrogen-bond acceptors (Lipinski definition) is 2. The fourth-order valence-corrected chi connectivity index (χ4v) is 1.62. The Balaban J connectivity index is 3.10. The van der Waals surface area contributed by atoms with Gasteiger partial charge in [0, 0.05) is 5.56 Å². The van der Waals surface area contributed by atoms with E-state index in [1.807, 2.05) is 18.2 Å². The van der Waals surface area contributed by atoms with Crippen LogP contribution in [0.25, 0.3) is 5.57 Å². The van der Waals surface area contributed by atoms with Gasteiger partial charge in [0.05, 0.1) is 12.1 Å². The monoisotopic (exact) mass is 211 g/mol. The lowest BCUT2D eigenvalue weighted by molar-refractivity contribution is 0.413. The molecule has 0 aliphatic heterocycles. The van der Waals surface area contributed by atoms with Gasteiger partial charge >= 0.3 is 0 Å². The van der Waals surface area contributed by atoms with Crippen molar-refractivity contribution in [1.29, 1.82) is 0 Å². The molecule has 0 aliphatic rings. The van der Waals surface area contributed by atoms with E-state index < -0.39 is 0 Å². The van der Waals surface area contributed by atoms with Crippen LogP contribution in [-0.4, -0.2) is 13.7 Å². The zero-order valence-electron chi connectivity index (χ0n) is 8.22. The van der Waals surface area contributed by atoms with Crippen molar-refractivity contribution >= 4 is 17.2 Å². The Kier molecular flexibility index (Phi) is 3.98. The fourth-order valence-electron chi connectivity index (χ4n) is 1.32. The van der Waals surface area contributed by atoms with Crippen LogP contribution in [0.5, 0.6) is 5.75 Å². The standard InChI is InChI=1S/C11H14ClNO/c1-8(6-7-13)11-9(12)4-3-5-10(11)14-2/h3-5H,1,6-7,13H2,2H3. The highest BCUT2D eigenvalue weighted by Crippen LogP contribution is 2.33. The summed E-state index contributed by atoms with van der Waals surface area (Å²) in [4.78, 5) is 0. The Morgan fingerprint density at radius 1 is 1.57 bits per heavy atom. The molecule has 0 atom stereocenters. The van der Waals surface area contributed by atoms with Crippen molar-refractivity contribution in [3.8, 4) is 5.75 Å². The second kappa shape index (κ2) is 5.03. The second-order valence-electron chi connectivity index (χ2n) is 2.96. The summed E-state index contributed by atoms with van der Waals surface area (Å²) in [6.45, 7) is 4.50. The van der Waals surface area contributed by atoms with E-state index in [0.29, 0.717) is 11.6 Å². The molecule has 0 amide bonds. The van der Waals surface area contributed by atoms with Gasteiger partial charge in [0.1, 0.15) is 5.75 Å². The third kappa shape index (κ3) is 2.28. The topological polar surface area (TPSA) is 35.2 Å². The van der Waals surface area contributed by atoms with Crippen LogP contribution in [0.3, 0.4) is 0 Å². The molecule has 76 valence electrons. The molecule has 0 radical (unpaired) electrons. The number of nitrogens with two attached hydrogens (primary N) is 1. The molecule has 2 nitrogen and oxygen atoms in total. The van der Waals surface area contributed by atoms with Crippen molar-refractivity contribution in [2.75, 3.05) is 13.7 Å². The molecular formula is C11H14ClNO. The van der Waals surface area contributed by atoms with Crippen molar-refractivity contribution in [1.82, 2.24) is 0 Å². The van der Waals surface area contributed by atoms with Gasteiger partial charge in [-0.05, 0) is 30.7 Å². The maximum atomic E-state index is 6.06. The van der Waals surface area contributed by atoms with Gasteiger partial charge in [-0.15, -0.1) is 0 Å².